The van der Waals surface area contributed by atoms with E-state index in [4.69, 9.17) is 0 Å². The SMILES string of the molecule is CN=C(NCc1ccccc1S(=O)(=O)N(C)C)N1CCC(c2cnn(C)c2)C1. The summed E-state index contributed by atoms with van der Waals surface area (Å²) in [5.74, 6) is 1.21. The maximum Gasteiger partial charge on any atom is 0.242 e. The molecular formula is C19H28N6O2S. The van der Waals surface area contributed by atoms with Crippen LogP contribution in [0.25, 0.3) is 0 Å². The quantitative estimate of drug-likeness (QED) is 0.599. The first-order chi connectivity index (χ1) is 13.3. The Hall–Kier alpha value is -2.39. The van der Waals surface area contributed by atoms with Gasteiger partial charge in [-0.2, -0.15) is 5.10 Å². The molecule has 3 rings (SSSR count). The second-order valence-electron chi connectivity index (χ2n) is 7.17. The van der Waals surface area contributed by atoms with Crippen LogP contribution < -0.4 is 5.32 Å². The molecule has 1 aliphatic rings. The van der Waals surface area contributed by atoms with Crippen molar-refractivity contribution in [3.8, 4) is 0 Å². The Morgan fingerprint density at radius 2 is 2.11 bits per heavy atom. The Morgan fingerprint density at radius 3 is 2.75 bits per heavy atom. The number of guanidine groups is 1. The fourth-order valence-corrected chi connectivity index (χ4v) is 4.60. The molecule has 9 heteroatoms. The van der Waals surface area contributed by atoms with E-state index in [0.717, 1.165) is 31.0 Å². The lowest BCUT2D eigenvalue weighted by Gasteiger charge is -2.22. The van der Waals surface area contributed by atoms with Crippen molar-refractivity contribution in [1.29, 1.82) is 0 Å². The van der Waals surface area contributed by atoms with E-state index < -0.39 is 10.0 Å². The van der Waals surface area contributed by atoms with Gasteiger partial charge >= 0.3 is 0 Å². The van der Waals surface area contributed by atoms with Gasteiger partial charge in [-0.1, -0.05) is 18.2 Å². The Labute approximate surface area is 166 Å². The van der Waals surface area contributed by atoms with Crippen molar-refractivity contribution in [2.75, 3.05) is 34.2 Å². The van der Waals surface area contributed by atoms with Crippen LogP contribution in [0.5, 0.6) is 0 Å². The largest absolute Gasteiger partial charge is 0.352 e. The first kappa shape index (κ1) is 20.3. The number of benzene rings is 1. The number of hydrogen-bond acceptors (Lipinski definition) is 4. The van der Waals surface area contributed by atoms with Gasteiger partial charge in [-0.3, -0.25) is 9.67 Å². The van der Waals surface area contributed by atoms with Crippen molar-refractivity contribution in [3.63, 3.8) is 0 Å². The zero-order chi connectivity index (χ0) is 20.3. The molecular weight excluding hydrogens is 376 g/mol. The van der Waals surface area contributed by atoms with E-state index >= 15 is 0 Å². The Kier molecular flexibility index (Phi) is 6.04. The summed E-state index contributed by atoms with van der Waals surface area (Å²) in [4.78, 5) is 6.92. The highest BCUT2D eigenvalue weighted by atomic mass is 32.2. The molecule has 1 aliphatic heterocycles. The third-order valence-electron chi connectivity index (χ3n) is 5.06. The fourth-order valence-electron chi connectivity index (χ4n) is 3.48. The zero-order valence-electron chi connectivity index (χ0n) is 16.8. The number of aryl methyl sites for hydroxylation is 1. The zero-order valence-corrected chi connectivity index (χ0v) is 17.6. The third-order valence-corrected chi connectivity index (χ3v) is 6.98. The maximum atomic E-state index is 12.6. The average molecular weight is 405 g/mol. The molecule has 0 spiro atoms. The van der Waals surface area contributed by atoms with Crippen LogP contribution in [0.1, 0.15) is 23.5 Å². The molecule has 1 N–H and O–H groups in total. The van der Waals surface area contributed by atoms with E-state index in [9.17, 15) is 8.42 Å². The molecule has 1 fully saturated rings. The second kappa shape index (κ2) is 8.32. The molecule has 152 valence electrons. The van der Waals surface area contributed by atoms with E-state index in [2.05, 4.69) is 26.5 Å². The molecule has 28 heavy (non-hydrogen) atoms. The standard InChI is InChI=1S/C19H28N6O2S/c1-20-19(25-10-9-16(14-25)17-12-22-24(4)13-17)21-11-15-7-5-6-8-18(15)28(26,27)23(2)3/h5-8,12-13,16H,9-11,14H2,1-4H3,(H,20,21). The van der Waals surface area contributed by atoms with Gasteiger partial charge in [0.1, 0.15) is 0 Å². The second-order valence-corrected chi connectivity index (χ2v) is 9.30. The van der Waals surface area contributed by atoms with Crippen molar-refractivity contribution in [3.05, 3.63) is 47.8 Å². The summed E-state index contributed by atoms with van der Waals surface area (Å²) in [7, 11) is 3.27. The molecule has 8 nitrogen and oxygen atoms in total. The first-order valence-electron chi connectivity index (χ1n) is 9.27. The molecule has 1 atom stereocenters. The van der Waals surface area contributed by atoms with E-state index in [-0.39, 0.29) is 0 Å². The molecule has 2 aromatic rings. The molecule has 0 saturated carbocycles. The molecule has 0 aliphatic carbocycles. The topological polar surface area (TPSA) is 82.8 Å². The average Bonchev–Trinajstić information content (AvgIpc) is 3.31. The number of likely N-dealkylation sites (tertiary alicyclic amines) is 1. The lowest BCUT2D eigenvalue weighted by Crippen LogP contribution is -2.39. The highest BCUT2D eigenvalue weighted by Crippen LogP contribution is 2.27. The van der Waals surface area contributed by atoms with Gasteiger partial charge in [-0.25, -0.2) is 12.7 Å². The van der Waals surface area contributed by atoms with Crippen LogP contribution in [-0.2, 0) is 23.6 Å². The minimum absolute atomic E-state index is 0.317. The van der Waals surface area contributed by atoms with Crippen molar-refractivity contribution < 1.29 is 8.42 Å². The molecule has 0 radical (unpaired) electrons. The lowest BCUT2D eigenvalue weighted by atomic mass is 10.0. The van der Waals surface area contributed by atoms with Crippen LogP contribution in [0.3, 0.4) is 0 Å². The Morgan fingerprint density at radius 1 is 1.36 bits per heavy atom. The monoisotopic (exact) mass is 404 g/mol. The highest BCUT2D eigenvalue weighted by Gasteiger charge is 2.27. The molecule has 2 heterocycles. The molecule has 1 saturated heterocycles. The van der Waals surface area contributed by atoms with Gasteiger partial charge in [-0.05, 0) is 23.6 Å². The van der Waals surface area contributed by atoms with Gasteiger partial charge in [0, 0.05) is 59.9 Å². The Bertz CT molecular complexity index is 951. The number of nitrogens with one attached hydrogen (secondary N) is 1. The fraction of sp³-hybridized carbons (Fsp3) is 0.474. The third kappa shape index (κ3) is 4.20. The summed E-state index contributed by atoms with van der Waals surface area (Å²) >= 11 is 0. The highest BCUT2D eigenvalue weighted by molar-refractivity contribution is 7.89. The molecule has 0 amide bonds. The van der Waals surface area contributed by atoms with E-state index in [1.54, 1.807) is 33.3 Å². The van der Waals surface area contributed by atoms with Gasteiger partial charge in [0.2, 0.25) is 10.0 Å². The van der Waals surface area contributed by atoms with E-state index in [0.29, 0.717) is 17.4 Å². The van der Waals surface area contributed by atoms with Gasteiger partial charge in [0.15, 0.2) is 5.96 Å². The van der Waals surface area contributed by atoms with Crippen LogP contribution in [0, 0.1) is 0 Å². The Balaban J connectivity index is 1.69. The summed E-state index contributed by atoms with van der Waals surface area (Å²) in [6, 6.07) is 7.07. The van der Waals surface area contributed by atoms with Gasteiger partial charge in [0.05, 0.1) is 11.1 Å². The molecule has 1 unspecified atom stereocenters. The normalized spacial score (nSPS) is 18.1. The van der Waals surface area contributed by atoms with Crippen molar-refractivity contribution in [1.82, 2.24) is 24.3 Å². The predicted molar refractivity (Wildman–Crippen MR) is 110 cm³/mol. The van der Waals surface area contributed by atoms with E-state index in [1.807, 2.05) is 30.1 Å². The number of aromatic nitrogens is 2. The minimum Gasteiger partial charge on any atom is -0.352 e. The van der Waals surface area contributed by atoms with Crippen LogP contribution in [0.15, 0.2) is 46.5 Å². The number of rotatable bonds is 5. The van der Waals surface area contributed by atoms with Crippen molar-refractivity contribution >= 4 is 16.0 Å². The number of sulfonamides is 1. The summed E-state index contributed by atoms with van der Waals surface area (Å²) in [6.07, 6.45) is 5.03. The summed E-state index contributed by atoms with van der Waals surface area (Å²) < 4.78 is 28.2. The van der Waals surface area contributed by atoms with Crippen LogP contribution in [0.4, 0.5) is 0 Å². The van der Waals surface area contributed by atoms with Crippen molar-refractivity contribution in [2.24, 2.45) is 12.0 Å². The first-order valence-corrected chi connectivity index (χ1v) is 10.7. The molecule has 0 bridgehead atoms. The minimum atomic E-state index is -3.49. The van der Waals surface area contributed by atoms with Gasteiger partial charge < -0.3 is 10.2 Å². The smallest absolute Gasteiger partial charge is 0.242 e. The molecule has 1 aromatic heterocycles. The van der Waals surface area contributed by atoms with Crippen molar-refractivity contribution in [2.45, 2.75) is 23.8 Å². The van der Waals surface area contributed by atoms with Crippen LogP contribution >= 0.6 is 0 Å². The summed E-state index contributed by atoms with van der Waals surface area (Å²) in [6.45, 7) is 2.16. The predicted octanol–water partition coefficient (Wildman–Crippen LogP) is 1.24. The van der Waals surface area contributed by atoms with E-state index in [1.165, 1.54) is 9.87 Å². The van der Waals surface area contributed by atoms with Crippen LogP contribution in [-0.4, -0.2) is 67.6 Å². The van der Waals surface area contributed by atoms with Gasteiger partial charge in [-0.15, -0.1) is 0 Å². The summed E-state index contributed by atoms with van der Waals surface area (Å²) in [5, 5.41) is 7.59. The molecule has 1 aromatic carbocycles. The van der Waals surface area contributed by atoms with Crippen LogP contribution in [0.2, 0.25) is 0 Å². The number of aliphatic imine (C=N–C) groups is 1. The lowest BCUT2D eigenvalue weighted by molar-refractivity contribution is 0.485. The number of nitrogens with zero attached hydrogens (tertiary/aromatic N) is 5. The van der Waals surface area contributed by atoms with Gasteiger partial charge in [0.25, 0.3) is 0 Å². The maximum absolute atomic E-state index is 12.6. The summed E-state index contributed by atoms with van der Waals surface area (Å²) in [5.41, 5.74) is 1.96. The number of hydrogen-bond donors (Lipinski definition) is 1.